The number of carbonyl (C=O) groups is 1. The van der Waals surface area contributed by atoms with Gasteiger partial charge in [-0.25, -0.2) is 31.1 Å². The fourth-order valence-corrected chi connectivity index (χ4v) is 4.36. The number of nitrogens with zero attached hydrogens (tertiary/aromatic N) is 1. The Bertz CT molecular complexity index is 1030. The van der Waals surface area contributed by atoms with Gasteiger partial charge in [0.05, 0.1) is 17.5 Å². The molecule has 1 saturated heterocycles. The lowest BCUT2D eigenvalue weighted by Crippen LogP contribution is -2.38. The van der Waals surface area contributed by atoms with Crippen LogP contribution in [0.5, 0.6) is 0 Å². The number of carbonyl (C=O) groups excluding carboxylic acids is 1. The predicted molar refractivity (Wildman–Crippen MR) is 108 cm³/mol. The minimum atomic E-state index is -3.37. The van der Waals surface area contributed by atoms with Crippen molar-refractivity contribution in [1.82, 2.24) is 9.62 Å². The number of likely N-dealkylation sites (tertiary alicyclic amines) is 1. The molecule has 0 radical (unpaired) electrons. The van der Waals surface area contributed by atoms with E-state index >= 15 is 0 Å². The van der Waals surface area contributed by atoms with Gasteiger partial charge < -0.3 is 10.2 Å². The van der Waals surface area contributed by atoms with Crippen LogP contribution in [0.15, 0.2) is 36.4 Å². The first-order chi connectivity index (χ1) is 14.2. The lowest BCUT2D eigenvalue weighted by molar-refractivity contribution is 0.213. The largest absolute Gasteiger partial charge is 0.324 e. The molecule has 0 aromatic heterocycles. The molecule has 2 amide bonds. The second-order valence-corrected chi connectivity index (χ2v) is 8.97. The van der Waals surface area contributed by atoms with Crippen molar-refractivity contribution in [2.75, 3.05) is 24.7 Å². The van der Waals surface area contributed by atoms with Crippen LogP contribution in [0.25, 0.3) is 11.1 Å². The maximum atomic E-state index is 14.5. The van der Waals surface area contributed by atoms with Crippen molar-refractivity contribution >= 4 is 21.7 Å². The number of rotatable bonds is 4. The first kappa shape index (κ1) is 22.1. The SMILES string of the molecule is CS(=O)(=O)N[C@H]1CCCN(C(=O)Nc2c(F)cccc2-c2c(F)cccc2F)CC1. The number of nitrogens with one attached hydrogen (secondary N) is 2. The maximum Gasteiger partial charge on any atom is 0.321 e. The fraction of sp³-hybridized carbons (Fsp3) is 0.350. The lowest BCUT2D eigenvalue weighted by Gasteiger charge is -2.22. The number of hydrogen-bond donors (Lipinski definition) is 2. The van der Waals surface area contributed by atoms with E-state index in [-0.39, 0.29) is 23.8 Å². The Morgan fingerprint density at radius 2 is 1.63 bits per heavy atom. The van der Waals surface area contributed by atoms with Gasteiger partial charge in [0.25, 0.3) is 0 Å². The summed E-state index contributed by atoms with van der Waals surface area (Å²) in [7, 11) is -3.37. The Kier molecular flexibility index (Phi) is 6.67. The molecule has 0 aliphatic carbocycles. The summed E-state index contributed by atoms with van der Waals surface area (Å²) >= 11 is 0. The number of halogens is 3. The van der Waals surface area contributed by atoms with Crippen LogP contribution in [-0.2, 0) is 10.0 Å². The van der Waals surface area contributed by atoms with E-state index in [1.807, 2.05) is 0 Å². The van der Waals surface area contributed by atoms with Crippen molar-refractivity contribution in [2.24, 2.45) is 0 Å². The minimum Gasteiger partial charge on any atom is -0.324 e. The van der Waals surface area contributed by atoms with Crippen LogP contribution >= 0.6 is 0 Å². The quantitative estimate of drug-likeness (QED) is 0.759. The standard InChI is InChI=1S/C20H22F3N3O3S/c1-30(28,29)25-13-5-4-11-26(12-10-13)20(27)24-19-14(6-2-9-17(19)23)18-15(21)7-3-8-16(18)22/h2-3,6-9,13,25H,4-5,10-12H2,1H3,(H,24,27)/t13-/m0/s1. The number of amides is 2. The van der Waals surface area contributed by atoms with E-state index < -0.39 is 39.1 Å². The molecule has 1 heterocycles. The van der Waals surface area contributed by atoms with Gasteiger partial charge in [-0.3, -0.25) is 0 Å². The molecule has 2 N–H and O–H groups in total. The Labute approximate surface area is 173 Å². The van der Waals surface area contributed by atoms with Crippen molar-refractivity contribution < 1.29 is 26.4 Å². The molecule has 1 aliphatic heterocycles. The number of urea groups is 1. The average molecular weight is 441 g/mol. The number of hydrogen-bond acceptors (Lipinski definition) is 3. The third-order valence-corrected chi connectivity index (χ3v) is 5.64. The molecule has 1 atom stereocenters. The highest BCUT2D eigenvalue weighted by atomic mass is 32.2. The van der Waals surface area contributed by atoms with Gasteiger partial charge in [0.15, 0.2) is 0 Å². The van der Waals surface area contributed by atoms with Gasteiger partial charge in [-0.05, 0) is 37.5 Å². The Hall–Kier alpha value is -2.59. The Morgan fingerprint density at radius 1 is 1.00 bits per heavy atom. The minimum absolute atomic E-state index is 0.106. The van der Waals surface area contributed by atoms with E-state index in [1.54, 1.807) is 0 Å². The zero-order chi connectivity index (χ0) is 21.9. The molecule has 30 heavy (non-hydrogen) atoms. The molecule has 0 unspecified atom stereocenters. The Morgan fingerprint density at radius 3 is 2.30 bits per heavy atom. The molecule has 1 fully saturated rings. The van der Waals surface area contributed by atoms with Gasteiger partial charge in [-0.15, -0.1) is 0 Å². The monoisotopic (exact) mass is 441 g/mol. The molecular formula is C20H22F3N3O3S. The molecule has 0 spiro atoms. The third-order valence-electron chi connectivity index (χ3n) is 4.87. The van der Waals surface area contributed by atoms with Gasteiger partial charge in [-0.2, -0.15) is 0 Å². The number of benzene rings is 2. The number of sulfonamides is 1. The van der Waals surface area contributed by atoms with Gasteiger partial charge in [-0.1, -0.05) is 18.2 Å². The maximum absolute atomic E-state index is 14.5. The van der Waals surface area contributed by atoms with E-state index in [9.17, 15) is 26.4 Å². The summed E-state index contributed by atoms with van der Waals surface area (Å²) in [6.07, 6.45) is 2.57. The molecule has 10 heteroatoms. The van der Waals surface area contributed by atoms with Crippen LogP contribution in [0.3, 0.4) is 0 Å². The van der Waals surface area contributed by atoms with Crippen LogP contribution in [0.2, 0.25) is 0 Å². The number of anilines is 1. The van der Waals surface area contributed by atoms with Crippen LogP contribution in [0, 0.1) is 17.5 Å². The summed E-state index contributed by atoms with van der Waals surface area (Å²) in [4.78, 5) is 14.2. The lowest BCUT2D eigenvalue weighted by atomic mass is 10.0. The van der Waals surface area contributed by atoms with E-state index in [0.717, 1.165) is 24.5 Å². The predicted octanol–water partition coefficient (Wildman–Crippen LogP) is 3.71. The molecule has 0 bridgehead atoms. The Balaban J connectivity index is 1.81. The van der Waals surface area contributed by atoms with E-state index in [4.69, 9.17) is 0 Å². The highest BCUT2D eigenvalue weighted by Gasteiger charge is 2.25. The van der Waals surface area contributed by atoms with Crippen LogP contribution < -0.4 is 10.0 Å². The second kappa shape index (κ2) is 9.05. The van der Waals surface area contributed by atoms with E-state index in [0.29, 0.717) is 25.8 Å². The van der Waals surface area contributed by atoms with Crippen LogP contribution in [0.1, 0.15) is 19.3 Å². The first-order valence-corrected chi connectivity index (χ1v) is 11.3. The van der Waals surface area contributed by atoms with Gasteiger partial charge in [0, 0.05) is 24.7 Å². The summed E-state index contributed by atoms with van der Waals surface area (Å²) < 4.78 is 68.3. The highest BCUT2D eigenvalue weighted by molar-refractivity contribution is 7.88. The zero-order valence-corrected chi connectivity index (χ0v) is 17.1. The van der Waals surface area contributed by atoms with Gasteiger partial charge in [0.2, 0.25) is 10.0 Å². The molecule has 0 saturated carbocycles. The molecule has 1 aliphatic rings. The fourth-order valence-electron chi connectivity index (χ4n) is 3.52. The summed E-state index contributed by atoms with van der Waals surface area (Å²) in [6.45, 7) is 0.586. The third kappa shape index (κ3) is 5.31. The molecule has 162 valence electrons. The van der Waals surface area contributed by atoms with Crippen molar-refractivity contribution in [3.8, 4) is 11.1 Å². The highest BCUT2D eigenvalue weighted by Crippen LogP contribution is 2.34. The van der Waals surface area contributed by atoms with Crippen molar-refractivity contribution in [3.05, 3.63) is 53.8 Å². The summed E-state index contributed by atoms with van der Waals surface area (Å²) in [5, 5.41) is 2.43. The normalized spacial score (nSPS) is 17.5. The molecule has 2 aromatic carbocycles. The molecule has 6 nitrogen and oxygen atoms in total. The zero-order valence-electron chi connectivity index (χ0n) is 16.3. The van der Waals surface area contributed by atoms with Crippen molar-refractivity contribution in [3.63, 3.8) is 0 Å². The molecule has 2 aromatic rings. The second-order valence-electron chi connectivity index (χ2n) is 7.19. The van der Waals surface area contributed by atoms with Crippen LogP contribution in [-0.4, -0.2) is 44.7 Å². The van der Waals surface area contributed by atoms with E-state index in [1.165, 1.54) is 23.1 Å². The molecule has 3 rings (SSSR count). The van der Waals surface area contributed by atoms with Crippen LogP contribution in [0.4, 0.5) is 23.7 Å². The number of para-hydroxylation sites is 1. The van der Waals surface area contributed by atoms with E-state index in [2.05, 4.69) is 10.0 Å². The van der Waals surface area contributed by atoms with Crippen molar-refractivity contribution in [1.29, 1.82) is 0 Å². The summed E-state index contributed by atoms with van der Waals surface area (Å²) in [5.41, 5.74) is -0.854. The topological polar surface area (TPSA) is 78.5 Å². The summed E-state index contributed by atoms with van der Waals surface area (Å²) in [6, 6.07) is 6.11. The van der Waals surface area contributed by atoms with Gasteiger partial charge in [0.1, 0.15) is 17.5 Å². The van der Waals surface area contributed by atoms with Gasteiger partial charge >= 0.3 is 6.03 Å². The first-order valence-electron chi connectivity index (χ1n) is 9.42. The smallest absolute Gasteiger partial charge is 0.321 e. The summed E-state index contributed by atoms with van der Waals surface area (Å²) in [5.74, 6) is -2.57. The average Bonchev–Trinajstić information content (AvgIpc) is 2.88. The molecular weight excluding hydrogens is 419 g/mol. The van der Waals surface area contributed by atoms with Crippen molar-refractivity contribution in [2.45, 2.75) is 25.3 Å².